The summed E-state index contributed by atoms with van der Waals surface area (Å²) in [7, 11) is 0. The van der Waals surface area contributed by atoms with Crippen molar-refractivity contribution in [3.63, 3.8) is 0 Å². The van der Waals surface area contributed by atoms with Gasteiger partial charge in [0.25, 0.3) is 0 Å². The monoisotopic (exact) mass is 364 g/mol. The third kappa shape index (κ3) is 2.21. The second kappa shape index (κ2) is 5.47. The molecular weight excluding hydrogens is 348 g/mol. The third-order valence-corrected chi connectivity index (χ3v) is 5.12. The number of para-hydroxylation sites is 1. The number of pyridine rings is 2. The van der Waals surface area contributed by atoms with Gasteiger partial charge in [0, 0.05) is 38.3 Å². The molecule has 4 heterocycles. The number of H-pyrrole nitrogens is 2. The molecule has 0 spiro atoms. The number of hydrogen-bond donors (Lipinski definition) is 4. The summed E-state index contributed by atoms with van der Waals surface area (Å²) >= 11 is 0. The lowest BCUT2D eigenvalue weighted by atomic mass is 10.2. The molecule has 0 bridgehead atoms. The zero-order valence-corrected chi connectivity index (χ0v) is 14.8. The van der Waals surface area contributed by atoms with Gasteiger partial charge >= 0.3 is 0 Å². The number of hydrogen-bond acceptors (Lipinski definition) is 4. The predicted octanol–water partition coefficient (Wildman–Crippen LogP) is 5.07. The lowest BCUT2D eigenvalue weighted by molar-refractivity contribution is 1.33. The Labute approximate surface area is 159 Å². The highest BCUT2D eigenvalue weighted by atomic mass is 15.0. The molecule has 4 aromatic heterocycles. The van der Waals surface area contributed by atoms with Crippen molar-refractivity contribution in [1.29, 1.82) is 0 Å². The first-order chi connectivity index (χ1) is 13.7. The first kappa shape index (κ1) is 15.0. The standard InChI is InChI=1S/C22H16N6/c23-19-9-7-15-14-6-5-12(11-18(14)26-21(15)27-19)24-20-10-8-16-13-3-1-2-4-17(13)25-22(16)28-20/h1-11H,(H3,23,26,27)(H2,24,25,28). The Hall–Kier alpha value is -4.06. The maximum Gasteiger partial charge on any atom is 0.140 e. The van der Waals surface area contributed by atoms with Gasteiger partial charge in [-0.1, -0.05) is 24.3 Å². The Kier molecular flexibility index (Phi) is 2.94. The van der Waals surface area contributed by atoms with Crippen LogP contribution in [0.2, 0.25) is 0 Å². The molecule has 6 nitrogen and oxygen atoms in total. The first-order valence-electron chi connectivity index (χ1n) is 9.07. The molecule has 28 heavy (non-hydrogen) atoms. The Morgan fingerprint density at radius 3 is 2.32 bits per heavy atom. The van der Waals surface area contributed by atoms with Crippen LogP contribution in [0.25, 0.3) is 43.9 Å². The summed E-state index contributed by atoms with van der Waals surface area (Å²) < 4.78 is 0. The quantitative estimate of drug-likeness (QED) is 0.345. The number of nitrogens with two attached hydrogens (primary N) is 1. The van der Waals surface area contributed by atoms with E-state index in [1.54, 1.807) is 0 Å². The van der Waals surface area contributed by atoms with Crippen LogP contribution in [-0.2, 0) is 0 Å². The highest BCUT2D eigenvalue weighted by Gasteiger charge is 2.08. The molecule has 2 aromatic carbocycles. The SMILES string of the molecule is Nc1ccc2c(n1)[nH]c1cc(Nc3ccc4c(n3)[nH]c3ccccc34)ccc12. The van der Waals surface area contributed by atoms with Crippen LogP contribution in [0.3, 0.4) is 0 Å². The molecule has 0 aliphatic rings. The Morgan fingerprint density at radius 1 is 0.679 bits per heavy atom. The molecule has 0 aliphatic heterocycles. The number of anilines is 3. The topological polar surface area (TPSA) is 95.4 Å². The zero-order chi connectivity index (χ0) is 18.7. The van der Waals surface area contributed by atoms with Crippen molar-refractivity contribution >= 4 is 61.2 Å². The minimum atomic E-state index is 0.508. The average Bonchev–Trinajstić information content (AvgIpc) is 3.24. The number of aromatic amines is 2. The lowest BCUT2D eigenvalue weighted by Gasteiger charge is -2.06. The van der Waals surface area contributed by atoms with Crippen molar-refractivity contribution in [3.8, 4) is 0 Å². The summed E-state index contributed by atoms with van der Waals surface area (Å²) in [5, 5.41) is 7.88. The summed E-state index contributed by atoms with van der Waals surface area (Å²) in [4.78, 5) is 15.8. The van der Waals surface area contributed by atoms with Crippen LogP contribution in [0.4, 0.5) is 17.3 Å². The van der Waals surface area contributed by atoms with Gasteiger partial charge < -0.3 is 21.0 Å². The molecule has 5 N–H and O–H groups in total. The number of nitrogen functional groups attached to an aromatic ring is 1. The van der Waals surface area contributed by atoms with E-state index in [1.807, 2.05) is 36.4 Å². The predicted molar refractivity (Wildman–Crippen MR) is 115 cm³/mol. The Morgan fingerprint density at radius 2 is 1.39 bits per heavy atom. The Bertz CT molecular complexity index is 1510. The molecule has 0 radical (unpaired) electrons. The fraction of sp³-hybridized carbons (Fsp3) is 0. The minimum Gasteiger partial charge on any atom is -0.384 e. The van der Waals surface area contributed by atoms with E-state index < -0.39 is 0 Å². The van der Waals surface area contributed by atoms with Crippen molar-refractivity contribution in [2.75, 3.05) is 11.1 Å². The number of nitrogens with one attached hydrogen (secondary N) is 3. The van der Waals surface area contributed by atoms with Gasteiger partial charge in [-0.25, -0.2) is 9.97 Å². The zero-order valence-electron chi connectivity index (χ0n) is 14.8. The van der Waals surface area contributed by atoms with Crippen LogP contribution in [0, 0.1) is 0 Å². The van der Waals surface area contributed by atoms with Crippen LogP contribution >= 0.6 is 0 Å². The molecule has 6 heteroatoms. The molecule has 134 valence electrons. The summed E-state index contributed by atoms with van der Waals surface area (Å²) in [6, 6.07) is 22.3. The highest BCUT2D eigenvalue weighted by Crippen LogP contribution is 2.29. The maximum absolute atomic E-state index is 5.80. The Balaban J connectivity index is 1.41. The summed E-state index contributed by atoms with van der Waals surface area (Å²) in [5.74, 6) is 1.30. The van der Waals surface area contributed by atoms with Crippen LogP contribution in [0.1, 0.15) is 0 Å². The fourth-order valence-electron chi connectivity index (χ4n) is 3.82. The van der Waals surface area contributed by atoms with Gasteiger partial charge in [0.15, 0.2) is 0 Å². The summed E-state index contributed by atoms with van der Waals surface area (Å²) in [6.07, 6.45) is 0. The molecule has 0 fully saturated rings. The maximum atomic E-state index is 5.80. The van der Waals surface area contributed by atoms with Crippen LogP contribution in [0.15, 0.2) is 66.7 Å². The van der Waals surface area contributed by atoms with Gasteiger partial charge in [-0.15, -0.1) is 0 Å². The average molecular weight is 364 g/mol. The van der Waals surface area contributed by atoms with E-state index in [0.717, 1.165) is 50.0 Å². The van der Waals surface area contributed by atoms with E-state index in [1.165, 1.54) is 5.39 Å². The van der Waals surface area contributed by atoms with E-state index in [4.69, 9.17) is 10.7 Å². The number of benzene rings is 2. The first-order valence-corrected chi connectivity index (χ1v) is 9.07. The molecule has 0 amide bonds. The molecule has 0 saturated heterocycles. The van der Waals surface area contributed by atoms with Crippen LogP contribution < -0.4 is 11.1 Å². The van der Waals surface area contributed by atoms with Gasteiger partial charge in [-0.05, 0) is 42.5 Å². The largest absolute Gasteiger partial charge is 0.384 e. The fourth-order valence-corrected chi connectivity index (χ4v) is 3.82. The van der Waals surface area contributed by atoms with Crippen molar-refractivity contribution in [1.82, 2.24) is 19.9 Å². The van der Waals surface area contributed by atoms with Gasteiger partial charge in [-0.3, -0.25) is 0 Å². The third-order valence-electron chi connectivity index (χ3n) is 5.12. The van der Waals surface area contributed by atoms with E-state index >= 15 is 0 Å². The lowest BCUT2D eigenvalue weighted by Crippen LogP contribution is -1.93. The number of nitrogens with zero attached hydrogens (tertiary/aromatic N) is 2. The number of aromatic nitrogens is 4. The van der Waals surface area contributed by atoms with Crippen molar-refractivity contribution in [2.24, 2.45) is 0 Å². The van der Waals surface area contributed by atoms with Crippen LogP contribution in [0.5, 0.6) is 0 Å². The smallest absolute Gasteiger partial charge is 0.140 e. The summed E-state index contributed by atoms with van der Waals surface area (Å²) in [5.41, 5.74) is 10.5. The van der Waals surface area contributed by atoms with E-state index in [-0.39, 0.29) is 0 Å². The second-order valence-corrected chi connectivity index (χ2v) is 6.91. The number of rotatable bonds is 2. The highest BCUT2D eigenvalue weighted by molar-refractivity contribution is 6.07. The molecular formula is C22H16N6. The molecule has 0 aliphatic carbocycles. The van der Waals surface area contributed by atoms with Gasteiger partial charge in [0.1, 0.15) is 22.9 Å². The summed E-state index contributed by atoms with van der Waals surface area (Å²) in [6.45, 7) is 0. The molecule has 0 unspecified atom stereocenters. The van der Waals surface area contributed by atoms with Gasteiger partial charge in [0.05, 0.1) is 0 Å². The minimum absolute atomic E-state index is 0.508. The molecule has 6 rings (SSSR count). The van der Waals surface area contributed by atoms with Gasteiger partial charge in [0.2, 0.25) is 0 Å². The van der Waals surface area contributed by atoms with E-state index in [0.29, 0.717) is 5.82 Å². The molecule has 0 atom stereocenters. The number of fused-ring (bicyclic) bond motifs is 6. The van der Waals surface area contributed by atoms with Crippen molar-refractivity contribution < 1.29 is 0 Å². The van der Waals surface area contributed by atoms with Crippen molar-refractivity contribution in [3.05, 3.63) is 66.7 Å². The van der Waals surface area contributed by atoms with Crippen molar-refractivity contribution in [2.45, 2.75) is 0 Å². The molecule has 6 aromatic rings. The molecule has 0 saturated carbocycles. The second-order valence-electron chi connectivity index (χ2n) is 6.91. The van der Waals surface area contributed by atoms with Crippen LogP contribution in [-0.4, -0.2) is 19.9 Å². The van der Waals surface area contributed by atoms with E-state index in [2.05, 4.69) is 50.6 Å². The normalized spacial score (nSPS) is 11.7. The van der Waals surface area contributed by atoms with E-state index in [9.17, 15) is 0 Å². The van der Waals surface area contributed by atoms with Gasteiger partial charge in [-0.2, -0.15) is 0 Å².